The zero-order valence-electron chi connectivity index (χ0n) is 19.1. The average molecular weight is 428 g/mol. The van der Waals surface area contributed by atoms with Gasteiger partial charge in [0.05, 0.1) is 30.8 Å². The van der Waals surface area contributed by atoms with E-state index < -0.39 is 5.97 Å². The summed E-state index contributed by atoms with van der Waals surface area (Å²) < 4.78 is 10.4. The molecule has 7 nitrogen and oxygen atoms in total. The minimum atomic E-state index is -0.531. The molecule has 168 valence electrons. The molecular weight excluding hydrogens is 394 g/mol. The normalized spacial score (nSPS) is 24.9. The number of anilines is 1. The monoisotopic (exact) mass is 427 g/mol. The second-order valence-corrected chi connectivity index (χ2v) is 10.2. The van der Waals surface area contributed by atoms with Gasteiger partial charge in [-0.25, -0.2) is 4.79 Å². The molecule has 2 fully saturated rings. The second-order valence-electron chi connectivity index (χ2n) is 10.2. The number of likely N-dealkylation sites (tertiary alicyclic amines) is 1. The van der Waals surface area contributed by atoms with Crippen LogP contribution in [0.3, 0.4) is 0 Å². The third-order valence-corrected chi connectivity index (χ3v) is 6.81. The van der Waals surface area contributed by atoms with Crippen molar-refractivity contribution in [3.63, 3.8) is 0 Å². The van der Waals surface area contributed by atoms with Crippen LogP contribution in [0.5, 0.6) is 5.75 Å². The highest BCUT2D eigenvalue weighted by Crippen LogP contribution is 2.52. The molecule has 2 bridgehead atoms. The zero-order chi connectivity index (χ0) is 22.4. The van der Waals surface area contributed by atoms with E-state index in [1.54, 1.807) is 13.2 Å². The highest BCUT2D eigenvalue weighted by molar-refractivity contribution is 6.12. The molecule has 0 unspecified atom stereocenters. The molecule has 1 aromatic carbocycles. The van der Waals surface area contributed by atoms with E-state index in [1.807, 2.05) is 12.1 Å². The quantitative estimate of drug-likeness (QED) is 0.676. The molecule has 1 saturated heterocycles. The van der Waals surface area contributed by atoms with Gasteiger partial charge >= 0.3 is 5.97 Å². The van der Waals surface area contributed by atoms with E-state index in [-0.39, 0.29) is 11.6 Å². The van der Waals surface area contributed by atoms with Crippen LogP contribution in [0, 0.1) is 10.8 Å². The molecule has 31 heavy (non-hydrogen) atoms. The van der Waals surface area contributed by atoms with E-state index in [0.717, 1.165) is 13.1 Å². The zero-order valence-corrected chi connectivity index (χ0v) is 19.1. The predicted molar refractivity (Wildman–Crippen MR) is 121 cm³/mol. The lowest BCUT2D eigenvalue weighted by atomic mass is 9.65. The molecule has 0 radical (unpaired) electrons. The number of benzene rings is 1. The fraction of sp³-hybridized carbons (Fsp3) is 0.583. The van der Waals surface area contributed by atoms with Crippen molar-refractivity contribution < 1.29 is 19.1 Å². The van der Waals surface area contributed by atoms with Gasteiger partial charge in [-0.2, -0.15) is 0 Å². The van der Waals surface area contributed by atoms with E-state index in [0.29, 0.717) is 45.6 Å². The Hall–Kier alpha value is -2.54. The van der Waals surface area contributed by atoms with E-state index in [4.69, 9.17) is 9.47 Å². The number of carbonyl (C=O) groups is 2. The van der Waals surface area contributed by atoms with Crippen molar-refractivity contribution in [1.82, 2.24) is 9.88 Å². The summed E-state index contributed by atoms with van der Waals surface area (Å²) in [6.45, 7) is 8.85. The van der Waals surface area contributed by atoms with Gasteiger partial charge in [-0.1, -0.05) is 26.8 Å². The Balaban J connectivity index is 1.51. The molecule has 2 heterocycles. The number of aromatic amines is 1. The van der Waals surface area contributed by atoms with Gasteiger partial charge in [0.25, 0.3) is 0 Å². The smallest absolute Gasteiger partial charge is 0.356 e. The first-order chi connectivity index (χ1) is 14.6. The Morgan fingerprint density at radius 3 is 2.71 bits per heavy atom. The van der Waals surface area contributed by atoms with Crippen LogP contribution < -0.4 is 10.1 Å². The second kappa shape index (κ2) is 7.86. The fourth-order valence-electron chi connectivity index (χ4n) is 6.05. The van der Waals surface area contributed by atoms with Crippen molar-refractivity contribution in [1.29, 1.82) is 0 Å². The number of nitrogens with zero attached hydrogens (tertiary/aromatic N) is 1. The van der Waals surface area contributed by atoms with Crippen LogP contribution in [0.25, 0.3) is 10.9 Å². The molecule has 0 spiro atoms. The summed E-state index contributed by atoms with van der Waals surface area (Å²) >= 11 is 0. The SMILES string of the molecule is COC(=O)c1[nH]c2cccc(OC)c2c1NC(=O)CCN1C[C@@]2(C)C[C@H]1CC(C)(C)C2. The maximum atomic E-state index is 12.9. The Bertz CT molecular complexity index is 1010. The van der Waals surface area contributed by atoms with Gasteiger partial charge in [0.15, 0.2) is 0 Å². The number of methoxy groups -OCH3 is 2. The maximum Gasteiger partial charge on any atom is 0.356 e. The number of hydrogen-bond acceptors (Lipinski definition) is 5. The van der Waals surface area contributed by atoms with Crippen molar-refractivity contribution in [3.05, 3.63) is 23.9 Å². The van der Waals surface area contributed by atoms with Crippen molar-refractivity contribution in [2.45, 2.75) is 52.5 Å². The Morgan fingerprint density at radius 2 is 2.00 bits per heavy atom. The molecular formula is C24H33N3O4. The van der Waals surface area contributed by atoms with Crippen molar-refractivity contribution in [2.24, 2.45) is 10.8 Å². The largest absolute Gasteiger partial charge is 0.496 e. The molecule has 2 aliphatic rings. The van der Waals surface area contributed by atoms with Crippen molar-refractivity contribution in [2.75, 3.05) is 32.6 Å². The summed E-state index contributed by atoms with van der Waals surface area (Å²) in [4.78, 5) is 30.8. The molecule has 1 aliphatic carbocycles. The molecule has 2 atom stereocenters. The van der Waals surface area contributed by atoms with Crippen LogP contribution in [0.4, 0.5) is 5.69 Å². The molecule has 2 N–H and O–H groups in total. The summed E-state index contributed by atoms with van der Waals surface area (Å²) in [7, 11) is 2.89. The van der Waals surface area contributed by atoms with Gasteiger partial charge in [-0.15, -0.1) is 0 Å². The van der Waals surface area contributed by atoms with Crippen LogP contribution in [0.2, 0.25) is 0 Å². The highest BCUT2D eigenvalue weighted by atomic mass is 16.5. The molecule has 1 amide bonds. The molecule has 1 saturated carbocycles. The molecule has 1 aromatic heterocycles. The number of H-pyrrole nitrogens is 1. The first-order valence-corrected chi connectivity index (χ1v) is 11.0. The number of hydrogen-bond donors (Lipinski definition) is 2. The number of rotatable bonds is 6. The average Bonchev–Trinajstić information content (AvgIpc) is 3.18. The summed E-state index contributed by atoms with van der Waals surface area (Å²) in [6.07, 6.45) is 3.99. The first kappa shape index (κ1) is 21.7. The summed E-state index contributed by atoms with van der Waals surface area (Å²) in [5, 5.41) is 3.63. The molecule has 1 aliphatic heterocycles. The molecule has 4 rings (SSSR count). The van der Waals surface area contributed by atoms with Crippen LogP contribution in [-0.4, -0.2) is 55.1 Å². The van der Waals surface area contributed by atoms with E-state index >= 15 is 0 Å². The number of amides is 1. The highest BCUT2D eigenvalue weighted by Gasteiger charge is 2.49. The van der Waals surface area contributed by atoms with Gasteiger partial charge in [-0.3, -0.25) is 9.69 Å². The van der Waals surface area contributed by atoms with Gasteiger partial charge in [0, 0.05) is 25.6 Å². The summed E-state index contributed by atoms with van der Waals surface area (Å²) in [6, 6.07) is 6.02. The van der Waals surface area contributed by atoms with Crippen molar-refractivity contribution in [3.8, 4) is 5.75 Å². The van der Waals surface area contributed by atoms with E-state index in [9.17, 15) is 9.59 Å². The third kappa shape index (κ3) is 4.15. The van der Waals surface area contributed by atoms with Crippen LogP contribution in [0.15, 0.2) is 18.2 Å². The molecule has 2 aromatic rings. The topological polar surface area (TPSA) is 83.7 Å². The summed E-state index contributed by atoms with van der Waals surface area (Å²) in [5.41, 5.74) is 2.04. The van der Waals surface area contributed by atoms with Crippen LogP contribution in [0.1, 0.15) is 56.9 Å². The lowest BCUT2D eigenvalue weighted by molar-refractivity contribution is -0.116. The summed E-state index contributed by atoms with van der Waals surface area (Å²) in [5.74, 6) is -0.0671. The van der Waals surface area contributed by atoms with Gasteiger partial charge in [0.2, 0.25) is 5.91 Å². The third-order valence-electron chi connectivity index (χ3n) is 6.81. The Kier molecular flexibility index (Phi) is 5.50. The lowest BCUT2D eigenvalue weighted by Gasteiger charge is -2.39. The number of fused-ring (bicyclic) bond motifs is 3. The number of ether oxygens (including phenoxy) is 2. The van der Waals surface area contributed by atoms with Gasteiger partial charge in [-0.05, 0) is 42.2 Å². The van der Waals surface area contributed by atoms with Gasteiger partial charge < -0.3 is 19.8 Å². The number of nitrogens with one attached hydrogen (secondary N) is 2. The first-order valence-electron chi connectivity index (χ1n) is 11.0. The standard InChI is InChI=1S/C24H33N3O4/c1-23(2)11-15-12-24(3,13-23)14-27(15)10-9-18(28)26-20-19-16(7-6-8-17(19)30-4)25-21(20)22(29)31-5/h6-8,15,25H,9-14H2,1-5H3,(H,26,28)/t15-,24+/m1/s1. The van der Waals surface area contributed by atoms with Crippen LogP contribution in [-0.2, 0) is 9.53 Å². The number of aromatic nitrogens is 1. The predicted octanol–water partition coefficient (Wildman–Crippen LogP) is 4.19. The minimum Gasteiger partial charge on any atom is -0.496 e. The lowest BCUT2D eigenvalue weighted by Crippen LogP contribution is -2.35. The van der Waals surface area contributed by atoms with Crippen LogP contribution >= 0.6 is 0 Å². The fourth-order valence-corrected chi connectivity index (χ4v) is 6.05. The Morgan fingerprint density at radius 1 is 1.23 bits per heavy atom. The van der Waals surface area contributed by atoms with Gasteiger partial charge in [0.1, 0.15) is 11.4 Å². The number of carbonyl (C=O) groups excluding carboxylic acids is 2. The minimum absolute atomic E-state index is 0.122. The molecule has 7 heteroatoms. The van der Waals surface area contributed by atoms with E-state index in [2.05, 4.69) is 36.0 Å². The maximum absolute atomic E-state index is 12.9. The number of esters is 1. The van der Waals surface area contributed by atoms with Crippen molar-refractivity contribution >= 4 is 28.5 Å². The Labute approximate surface area is 183 Å². The van der Waals surface area contributed by atoms with E-state index in [1.165, 1.54) is 26.4 Å².